The van der Waals surface area contributed by atoms with Crippen molar-refractivity contribution in [3.8, 4) is 11.5 Å². The number of hydrogen-bond acceptors (Lipinski definition) is 4. The molecule has 17 heavy (non-hydrogen) atoms. The first-order valence-electron chi connectivity index (χ1n) is 5.69. The van der Waals surface area contributed by atoms with Crippen LogP contribution in [0.2, 0.25) is 0 Å². The second-order valence-electron chi connectivity index (χ2n) is 4.22. The number of hydrogen-bond donors (Lipinski definition) is 1. The van der Waals surface area contributed by atoms with E-state index in [1.54, 1.807) is 14.2 Å². The number of benzene rings is 1. The molecule has 0 saturated carbocycles. The van der Waals surface area contributed by atoms with Crippen molar-refractivity contribution in [2.75, 3.05) is 20.8 Å². The second-order valence-corrected chi connectivity index (χ2v) is 4.22. The predicted octanol–water partition coefficient (Wildman–Crippen LogP) is 1.70. The van der Waals surface area contributed by atoms with E-state index in [1.165, 1.54) is 0 Å². The summed E-state index contributed by atoms with van der Waals surface area (Å²) in [6.07, 6.45) is 0.276. The third-order valence-electron chi connectivity index (χ3n) is 3.38. The molecule has 1 aromatic carbocycles. The zero-order valence-electron chi connectivity index (χ0n) is 10.4. The fourth-order valence-electron chi connectivity index (χ4n) is 2.34. The molecule has 4 heteroatoms. The quantitative estimate of drug-likeness (QED) is 0.870. The van der Waals surface area contributed by atoms with E-state index in [0.717, 1.165) is 0 Å². The van der Waals surface area contributed by atoms with Crippen molar-refractivity contribution in [1.29, 1.82) is 0 Å². The van der Waals surface area contributed by atoms with Gasteiger partial charge in [-0.2, -0.15) is 0 Å². The summed E-state index contributed by atoms with van der Waals surface area (Å²) in [5, 5.41) is 10.8. The molecule has 1 saturated heterocycles. The van der Waals surface area contributed by atoms with Crippen LogP contribution < -0.4 is 9.47 Å². The zero-order chi connectivity index (χ0) is 12.5. The van der Waals surface area contributed by atoms with Gasteiger partial charge in [0.25, 0.3) is 0 Å². The molecular weight excluding hydrogens is 220 g/mol. The van der Waals surface area contributed by atoms with Crippen molar-refractivity contribution in [2.24, 2.45) is 0 Å². The van der Waals surface area contributed by atoms with Crippen LogP contribution in [0.25, 0.3) is 0 Å². The van der Waals surface area contributed by atoms with E-state index in [-0.39, 0.29) is 6.10 Å². The summed E-state index contributed by atoms with van der Waals surface area (Å²) in [6, 6.07) is 5.48. The van der Waals surface area contributed by atoms with Crippen molar-refractivity contribution in [2.45, 2.75) is 25.0 Å². The Balaban J connectivity index is 2.56. The molecule has 0 amide bonds. The molecule has 1 aliphatic rings. The molecule has 2 unspecified atom stereocenters. The Kier molecular flexibility index (Phi) is 3.26. The van der Waals surface area contributed by atoms with Crippen LogP contribution in [0.3, 0.4) is 0 Å². The Morgan fingerprint density at radius 3 is 2.29 bits per heavy atom. The van der Waals surface area contributed by atoms with Crippen LogP contribution in [-0.4, -0.2) is 32.0 Å². The van der Waals surface area contributed by atoms with Gasteiger partial charge >= 0.3 is 0 Å². The molecule has 1 heterocycles. The number of methoxy groups -OCH3 is 2. The van der Waals surface area contributed by atoms with Crippen LogP contribution in [0.15, 0.2) is 18.2 Å². The van der Waals surface area contributed by atoms with Gasteiger partial charge in [0.05, 0.1) is 32.5 Å². The summed E-state index contributed by atoms with van der Waals surface area (Å²) in [4.78, 5) is 0. The van der Waals surface area contributed by atoms with Gasteiger partial charge in [-0.3, -0.25) is 0 Å². The maximum absolute atomic E-state index is 10.8. The lowest BCUT2D eigenvalue weighted by atomic mass is 9.86. The largest absolute Gasteiger partial charge is 0.496 e. The summed E-state index contributed by atoms with van der Waals surface area (Å²) >= 11 is 0. The SMILES string of the molecule is COc1cccc(OC)c1C1(O)CCOC1C. The minimum absolute atomic E-state index is 0.271. The van der Waals surface area contributed by atoms with Gasteiger partial charge in [-0.15, -0.1) is 0 Å². The van der Waals surface area contributed by atoms with Crippen LogP contribution in [0.1, 0.15) is 18.9 Å². The second kappa shape index (κ2) is 4.55. The molecule has 1 aromatic rings. The number of aliphatic hydroxyl groups is 1. The van der Waals surface area contributed by atoms with Crippen molar-refractivity contribution in [3.63, 3.8) is 0 Å². The maximum atomic E-state index is 10.8. The van der Waals surface area contributed by atoms with Gasteiger partial charge < -0.3 is 19.3 Å². The van der Waals surface area contributed by atoms with Crippen molar-refractivity contribution >= 4 is 0 Å². The predicted molar refractivity (Wildman–Crippen MR) is 63.5 cm³/mol. The standard InChI is InChI=1S/C13H18O4/c1-9-13(14,7-8-17-9)12-10(15-2)5-4-6-11(12)16-3/h4-6,9,14H,7-8H2,1-3H3. The van der Waals surface area contributed by atoms with Gasteiger partial charge in [0.1, 0.15) is 17.1 Å². The van der Waals surface area contributed by atoms with Crippen molar-refractivity contribution in [3.05, 3.63) is 23.8 Å². The zero-order valence-corrected chi connectivity index (χ0v) is 10.4. The molecule has 1 N–H and O–H groups in total. The normalized spacial score (nSPS) is 28.1. The molecule has 0 aromatic heterocycles. The topological polar surface area (TPSA) is 47.9 Å². The van der Waals surface area contributed by atoms with E-state index in [0.29, 0.717) is 30.1 Å². The first kappa shape index (κ1) is 12.2. The molecule has 0 aliphatic carbocycles. The summed E-state index contributed by atoms with van der Waals surface area (Å²) in [6.45, 7) is 2.40. The van der Waals surface area contributed by atoms with Crippen LogP contribution in [0.4, 0.5) is 0 Å². The Labute approximate surface area is 101 Å². The smallest absolute Gasteiger partial charge is 0.128 e. The molecule has 1 aliphatic heterocycles. The fourth-order valence-corrected chi connectivity index (χ4v) is 2.34. The molecule has 0 radical (unpaired) electrons. The highest BCUT2D eigenvalue weighted by Crippen LogP contribution is 2.45. The Hall–Kier alpha value is -1.26. The van der Waals surface area contributed by atoms with E-state index in [4.69, 9.17) is 14.2 Å². The first-order chi connectivity index (χ1) is 8.13. The average Bonchev–Trinajstić information content (AvgIpc) is 2.69. The fraction of sp³-hybridized carbons (Fsp3) is 0.538. The molecular formula is C13H18O4. The molecule has 4 nitrogen and oxygen atoms in total. The molecule has 2 atom stereocenters. The van der Waals surface area contributed by atoms with E-state index in [9.17, 15) is 5.11 Å². The van der Waals surface area contributed by atoms with Crippen molar-refractivity contribution < 1.29 is 19.3 Å². The molecule has 2 rings (SSSR count). The Morgan fingerprint density at radius 2 is 1.88 bits per heavy atom. The lowest BCUT2D eigenvalue weighted by Gasteiger charge is -2.29. The van der Waals surface area contributed by atoms with Gasteiger partial charge in [-0.25, -0.2) is 0 Å². The van der Waals surface area contributed by atoms with Gasteiger partial charge in [0.15, 0.2) is 0 Å². The van der Waals surface area contributed by atoms with E-state index < -0.39 is 5.60 Å². The summed E-state index contributed by atoms with van der Waals surface area (Å²) in [5.41, 5.74) is -0.368. The molecule has 94 valence electrons. The monoisotopic (exact) mass is 238 g/mol. The van der Waals surface area contributed by atoms with Gasteiger partial charge in [-0.05, 0) is 19.1 Å². The minimum atomic E-state index is -1.04. The lowest BCUT2D eigenvalue weighted by Crippen LogP contribution is -2.34. The van der Waals surface area contributed by atoms with Crippen molar-refractivity contribution in [1.82, 2.24) is 0 Å². The third-order valence-corrected chi connectivity index (χ3v) is 3.38. The molecule has 0 spiro atoms. The Morgan fingerprint density at radius 1 is 1.29 bits per heavy atom. The van der Waals surface area contributed by atoms with Gasteiger partial charge in [-0.1, -0.05) is 6.07 Å². The van der Waals surface area contributed by atoms with E-state index in [2.05, 4.69) is 0 Å². The summed E-state index contributed by atoms with van der Waals surface area (Å²) < 4.78 is 16.1. The maximum Gasteiger partial charge on any atom is 0.128 e. The van der Waals surface area contributed by atoms with Gasteiger partial charge in [0.2, 0.25) is 0 Å². The molecule has 1 fully saturated rings. The first-order valence-corrected chi connectivity index (χ1v) is 5.69. The van der Waals surface area contributed by atoms with Gasteiger partial charge in [0, 0.05) is 6.42 Å². The summed E-state index contributed by atoms with van der Waals surface area (Å²) in [5.74, 6) is 1.26. The highest BCUT2D eigenvalue weighted by molar-refractivity contribution is 5.49. The highest BCUT2D eigenvalue weighted by atomic mass is 16.5. The lowest BCUT2D eigenvalue weighted by molar-refractivity contribution is -0.0344. The Bertz CT molecular complexity index is 382. The number of ether oxygens (including phenoxy) is 3. The number of rotatable bonds is 3. The van der Waals surface area contributed by atoms with E-state index >= 15 is 0 Å². The van der Waals surface area contributed by atoms with Crippen LogP contribution in [-0.2, 0) is 10.3 Å². The van der Waals surface area contributed by atoms with E-state index in [1.807, 2.05) is 25.1 Å². The molecule has 0 bridgehead atoms. The summed E-state index contributed by atoms with van der Waals surface area (Å²) in [7, 11) is 3.17. The van der Waals surface area contributed by atoms with Crippen LogP contribution >= 0.6 is 0 Å². The average molecular weight is 238 g/mol. The minimum Gasteiger partial charge on any atom is -0.496 e. The highest BCUT2D eigenvalue weighted by Gasteiger charge is 2.45. The third kappa shape index (κ3) is 1.87. The van der Waals surface area contributed by atoms with Crippen LogP contribution in [0, 0.1) is 0 Å². The van der Waals surface area contributed by atoms with Crippen LogP contribution in [0.5, 0.6) is 11.5 Å².